The lowest BCUT2D eigenvalue weighted by Gasteiger charge is -2.01. The van der Waals surface area contributed by atoms with E-state index >= 15 is 0 Å². The van der Waals surface area contributed by atoms with Crippen LogP contribution in [0.1, 0.15) is 9.75 Å². The predicted octanol–water partition coefficient (Wildman–Crippen LogP) is 3.24. The molecule has 2 heterocycles. The number of imidazole rings is 1. The van der Waals surface area contributed by atoms with Gasteiger partial charge < -0.3 is 9.67 Å². The van der Waals surface area contributed by atoms with Crippen molar-refractivity contribution in [1.82, 2.24) is 9.55 Å². The van der Waals surface area contributed by atoms with Gasteiger partial charge in [-0.05, 0) is 30.3 Å². The summed E-state index contributed by atoms with van der Waals surface area (Å²) in [5.41, 5.74) is 2.08. The maximum atomic E-state index is 10.5. The van der Waals surface area contributed by atoms with Crippen LogP contribution in [0, 0.1) is 0 Å². The quantitative estimate of drug-likeness (QED) is 0.748. The van der Waals surface area contributed by atoms with E-state index in [4.69, 9.17) is 5.11 Å². The molecule has 0 saturated carbocycles. The van der Waals surface area contributed by atoms with E-state index in [2.05, 4.69) is 9.55 Å². The summed E-state index contributed by atoms with van der Waals surface area (Å²) in [6, 6.07) is 11.9. The molecule has 0 aliphatic carbocycles. The van der Waals surface area contributed by atoms with Gasteiger partial charge in [0.05, 0.1) is 23.9 Å². The summed E-state index contributed by atoms with van der Waals surface area (Å²) < 4.78 is 2.09. The number of benzene rings is 1. The Bertz CT molecular complexity index is 786. The Morgan fingerprint density at radius 1 is 1.30 bits per heavy atom. The molecule has 0 atom stereocenters. The van der Waals surface area contributed by atoms with Crippen molar-refractivity contribution in [2.45, 2.75) is 6.54 Å². The zero-order chi connectivity index (χ0) is 13.9. The van der Waals surface area contributed by atoms with E-state index in [1.165, 1.54) is 0 Å². The summed E-state index contributed by atoms with van der Waals surface area (Å²) in [5, 5.41) is 8.61. The molecular weight excluding hydrogens is 272 g/mol. The van der Waals surface area contributed by atoms with Gasteiger partial charge in [-0.2, -0.15) is 0 Å². The number of aliphatic carboxylic acids is 1. The molecule has 3 aromatic rings. The maximum absolute atomic E-state index is 10.5. The molecule has 0 fully saturated rings. The SMILES string of the molecule is O=C(O)C=Cc1ccc(Cn2cnc3ccccc32)s1. The minimum absolute atomic E-state index is 0.742. The third-order valence-corrected chi connectivity index (χ3v) is 3.96. The van der Waals surface area contributed by atoms with Gasteiger partial charge in [-0.15, -0.1) is 11.3 Å². The first kappa shape index (κ1) is 12.6. The average molecular weight is 284 g/mol. The normalized spacial score (nSPS) is 11.4. The molecule has 1 N–H and O–H groups in total. The molecule has 2 aromatic heterocycles. The standard InChI is InChI=1S/C15H12N2O2S/c18-15(19)8-7-11-5-6-12(20-11)9-17-10-16-13-3-1-2-4-14(13)17/h1-8,10H,9H2,(H,18,19). The Labute approximate surface area is 119 Å². The summed E-state index contributed by atoms with van der Waals surface area (Å²) in [4.78, 5) is 16.9. The van der Waals surface area contributed by atoms with Crippen molar-refractivity contribution in [1.29, 1.82) is 0 Å². The molecule has 0 spiro atoms. The van der Waals surface area contributed by atoms with Gasteiger partial charge in [0, 0.05) is 15.8 Å². The third kappa shape index (κ3) is 2.62. The first-order chi connectivity index (χ1) is 9.72. The highest BCUT2D eigenvalue weighted by Gasteiger charge is 2.04. The van der Waals surface area contributed by atoms with Crippen LogP contribution in [-0.4, -0.2) is 20.6 Å². The van der Waals surface area contributed by atoms with Crippen molar-refractivity contribution in [3.63, 3.8) is 0 Å². The third-order valence-electron chi connectivity index (χ3n) is 2.93. The van der Waals surface area contributed by atoms with Crippen molar-refractivity contribution in [3.05, 3.63) is 58.6 Å². The number of carbonyl (C=O) groups is 1. The highest BCUT2D eigenvalue weighted by molar-refractivity contribution is 7.12. The first-order valence-electron chi connectivity index (χ1n) is 6.12. The molecule has 20 heavy (non-hydrogen) atoms. The van der Waals surface area contributed by atoms with Crippen LogP contribution in [0.15, 0.2) is 48.8 Å². The number of thiophene rings is 1. The number of nitrogens with zero attached hydrogens (tertiary/aromatic N) is 2. The van der Waals surface area contributed by atoms with Crippen LogP contribution in [0.3, 0.4) is 0 Å². The predicted molar refractivity (Wildman–Crippen MR) is 79.8 cm³/mol. The minimum Gasteiger partial charge on any atom is -0.478 e. The summed E-state index contributed by atoms with van der Waals surface area (Å²) in [6.45, 7) is 0.742. The van der Waals surface area contributed by atoms with Gasteiger partial charge in [0.1, 0.15) is 0 Å². The molecule has 1 aromatic carbocycles. The molecule has 0 unspecified atom stereocenters. The van der Waals surface area contributed by atoms with Crippen molar-refractivity contribution in [2.24, 2.45) is 0 Å². The van der Waals surface area contributed by atoms with Crippen molar-refractivity contribution < 1.29 is 9.90 Å². The second-order valence-corrected chi connectivity index (χ2v) is 5.54. The van der Waals surface area contributed by atoms with E-state index in [0.717, 1.165) is 33.4 Å². The fourth-order valence-electron chi connectivity index (χ4n) is 2.03. The number of para-hydroxylation sites is 2. The molecule has 3 rings (SSSR count). The van der Waals surface area contributed by atoms with Crippen molar-refractivity contribution in [2.75, 3.05) is 0 Å². The van der Waals surface area contributed by atoms with Crippen LogP contribution >= 0.6 is 11.3 Å². The van der Waals surface area contributed by atoms with E-state index < -0.39 is 5.97 Å². The molecule has 4 nitrogen and oxygen atoms in total. The fraction of sp³-hybridized carbons (Fsp3) is 0.0667. The number of hydrogen-bond donors (Lipinski definition) is 1. The molecule has 0 aliphatic rings. The van der Waals surface area contributed by atoms with Crippen molar-refractivity contribution in [3.8, 4) is 0 Å². The zero-order valence-electron chi connectivity index (χ0n) is 10.6. The van der Waals surface area contributed by atoms with Gasteiger partial charge in [0.2, 0.25) is 0 Å². The van der Waals surface area contributed by atoms with E-state index in [1.54, 1.807) is 17.4 Å². The van der Waals surface area contributed by atoms with Crippen LogP contribution in [0.25, 0.3) is 17.1 Å². The second kappa shape index (κ2) is 5.30. The summed E-state index contributed by atoms with van der Waals surface area (Å²) in [6.07, 6.45) is 4.60. The topological polar surface area (TPSA) is 55.1 Å². The lowest BCUT2D eigenvalue weighted by Crippen LogP contribution is -1.94. The lowest BCUT2D eigenvalue weighted by molar-refractivity contribution is -0.131. The van der Waals surface area contributed by atoms with Gasteiger partial charge in [-0.25, -0.2) is 9.78 Å². The molecule has 0 saturated heterocycles. The average Bonchev–Trinajstić information content (AvgIpc) is 3.05. The Hall–Kier alpha value is -2.40. The largest absolute Gasteiger partial charge is 0.478 e. The van der Waals surface area contributed by atoms with Crippen LogP contribution in [0.5, 0.6) is 0 Å². The Morgan fingerprint density at radius 3 is 3.00 bits per heavy atom. The number of carboxylic acids is 1. The number of carboxylic acid groups (broad SMARTS) is 1. The molecule has 100 valence electrons. The van der Waals surface area contributed by atoms with Gasteiger partial charge in [-0.1, -0.05) is 12.1 Å². The van der Waals surface area contributed by atoms with Gasteiger partial charge in [-0.3, -0.25) is 0 Å². The zero-order valence-corrected chi connectivity index (χ0v) is 11.4. The fourth-order valence-corrected chi connectivity index (χ4v) is 2.94. The first-order valence-corrected chi connectivity index (χ1v) is 6.93. The second-order valence-electron chi connectivity index (χ2n) is 4.34. The van der Waals surface area contributed by atoms with Gasteiger partial charge in [0.15, 0.2) is 0 Å². The Kier molecular flexibility index (Phi) is 3.35. The van der Waals surface area contributed by atoms with E-state index in [0.29, 0.717) is 0 Å². The maximum Gasteiger partial charge on any atom is 0.328 e. The van der Waals surface area contributed by atoms with Crippen LogP contribution in [0.2, 0.25) is 0 Å². The number of aromatic nitrogens is 2. The lowest BCUT2D eigenvalue weighted by atomic mass is 10.3. The smallest absolute Gasteiger partial charge is 0.328 e. The summed E-state index contributed by atoms with van der Waals surface area (Å²) >= 11 is 1.58. The molecular formula is C15H12N2O2S. The van der Waals surface area contributed by atoms with Crippen LogP contribution in [-0.2, 0) is 11.3 Å². The molecule has 5 heteroatoms. The van der Waals surface area contributed by atoms with E-state index in [1.807, 2.05) is 42.7 Å². The highest BCUT2D eigenvalue weighted by atomic mass is 32.1. The monoisotopic (exact) mass is 284 g/mol. The number of fused-ring (bicyclic) bond motifs is 1. The van der Waals surface area contributed by atoms with Gasteiger partial charge in [0.25, 0.3) is 0 Å². The molecule has 0 aliphatic heterocycles. The molecule has 0 radical (unpaired) electrons. The summed E-state index contributed by atoms with van der Waals surface area (Å²) in [5.74, 6) is -0.930. The highest BCUT2D eigenvalue weighted by Crippen LogP contribution is 2.21. The summed E-state index contributed by atoms with van der Waals surface area (Å²) in [7, 11) is 0. The van der Waals surface area contributed by atoms with E-state index in [9.17, 15) is 4.79 Å². The van der Waals surface area contributed by atoms with Crippen LogP contribution in [0.4, 0.5) is 0 Å². The van der Waals surface area contributed by atoms with Gasteiger partial charge >= 0.3 is 5.97 Å². The molecule has 0 bridgehead atoms. The minimum atomic E-state index is -0.930. The Balaban J connectivity index is 1.83. The number of hydrogen-bond acceptors (Lipinski definition) is 3. The Morgan fingerprint density at radius 2 is 2.15 bits per heavy atom. The van der Waals surface area contributed by atoms with Crippen molar-refractivity contribution >= 4 is 34.4 Å². The van der Waals surface area contributed by atoms with Crippen LogP contribution < -0.4 is 0 Å². The molecule has 0 amide bonds. The number of rotatable bonds is 4. The van der Waals surface area contributed by atoms with E-state index in [-0.39, 0.29) is 0 Å².